The molecule has 5 heteroatoms. The predicted molar refractivity (Wildman–Crippen MR) is 113 cm³/mol. The Kier molecular flexibility index (Phi) is 4.19. The number of hydrogen-bond acceptors (Lipinski definition) is 5. The molecule has 0 saturated heterocycles. The first-order valence-electron chi connectivity index (χ1n) is 10.1. The van der Waals surface area contributed by atoms with Gasteiger partial charge in [-0.1, -0.05) is 24.3 Å². The molecule has 0 bridgehead atoms. The Bertz CT molecular complexity index is 1170. The number of fused-ring (bicyclic) bond motifs is 7. The summed E-state index contributed by atoms with van der Waals surface area (Å²) >= 11 is 0. The second-order valence-electron chi connectivity index (χ2n) is 8.35. The number of carbonyl (C=O) groups excluding carboxylic acids is 2. The van der Waals surface area contributed by atoms with Gasteiger partial charge >= 0.3 is 0 Å². The summed E-state index contributed by atoms with van der Waals surface area (Å²) in [4.78, 5) is 30.7. The molecule has 0 radical (unpaired) electrons. The number of Topliss-reactive ketones (excluding diaryl/α,β-unsaturated/α-hetero) is 2. The Balaban J connectivity index is 1.64. The molecule has 0 amide bonds. The Morgan fingerprint density at radius 1 is 1.03 bits per heavy atom. The second-order valence-corrected chi connectivity index (χ2v) is 8.35. The molecule has 0 spiro atoms. The molecule has 2 heterocycles. The highest BCUT2D eigenvalue weighted by Crippen LogP contribution is 2.43. The first-order valence-corrected chi connectivity index (χ1v) is 10.1. The van der Waals surface area contributed by atoms with Gasteiger partial charge in [0.2, 0.25) is 11.6 Å². The van der Waals surface area contributed by atoms with E-state index in [9.17, 15) is 9.59 Å². The monoisotopic (exact) mass is 388 g/mol. The van der Waals surface area contributed by atoms with Crippen LogP contribution < -0.4 is 0 Å². The quantitative estimate of drug-likeness (QED) is 0.641. The van der Waals surface area contributed by atoms with Gasteiger partial charge in [-0.3, -0.25) is 14.5 Å². The zero-order chi connectivity index (χ0) is 20.3. The summed E-state index contributed by atoms with van der Waals surface area (Å²) in [6.07, 6.45) is 0.739. The van der Waals surface area contributed by atoms with Crippen LogP contribution in [-0.2, 0) is 13.0 Å². The molecule has 29 heavy (non-hydrogen) atoms. The lowest BCUT2D eigenvalue weighted by atomic mass is 9.82. The number of rotatable bonds is 3. The van der Waals surface area contributed by atoms with E-state index in [-0.39, 0.29) is 0 Å². The van der Waals surface area contributed by atoms with Gasteiger partial charge in [0, 0.05) is 36.3 Å². The first-order chi connectivity index (χ1) is 14.0. The van der Waals surface area contributed by atoms with Crippen molar-refractivity contribution in [2.24, 2.45) is 0 Å². The molecule has 1 aliphatic heterocycles. The van der Waals surface area contributed by atoms with Gasteiger partial charge in [0.1, 0.15) is 11.5 Å². The molecule has 2 aliphatic rings. The van der Waals surface area contributed by atoms with E-state index < -0.39 is 11.6 Å². The number of benzene rings is 2. The summed E-state index contributed by atoms with van der Waals surface area (Å²) < 4.78 is 6.26. The van der Waals surface area contributed by atoms with Gasteiger partial charge in [0.25, 0.3) is 0 Å². The fourth-order valence-corrected chi connectivity index (χ4v) is 4.59. The van der Waals surface area contributed by atoms with Crippen molar-refractivity contribution in [3.63, 3.8) is 0 Å². The van der Waals surface area contributed by atoms with Crippen LogP contribution in [0.2, 0.25) is 0 Å². The summed E-state index contributed by atoms with van der Waals surface area (Å²) in [6.45, 7) is 5.49. The van der Waals surface area contributed by atoms with Crippen LogP contribution in [-0.4, -0.2) is 55.1 Å². The lowest BCUT2D eigenvalue weighted by molar-refractivity contribution is 0.0815. The van der Waals surface area contributed by atoms with Crippen molar-refractivity contribution >= 4 is 22.3 Å². The molecule has 0 fully saturated rings. The van der Waals surface area contributed by atoms with Crippen LogP contribution in [0.3, 0.4) is 0 Å². The van der Waals surface area contributed by atoms with Crippen LogP contribution in [0.1, 0.15) is 37.6 Å². The largest absolute Gasteiger partial charge is 0.459 e. The van der Waals surface area contributed by atoms with E-state index in [0.29, 0.717) is 23.4 Å². The zero-order valence-electron chi connectivity index (χ0n) is 17.0. The third-order valence-corrected chi connectivity index (χ3v) is 6.18. The molecular weight excluding hydrogens is 364 g/mol. The van der Waals surface area contributed by atoms with Crippen LogP contribution >= 0.6 is 0 Å². The van der Waals surface area contributed by atoms with Gasteiger partial charge < -0.3 is 9.32 Å². The van der Waals surface area contributed by atoms with Crippen molar-refractivity contribution in [2.75, 3.05) is 33.7 Å². The van der Waals surface area contributed by atoms with Gasteiger partial charge in [0.05, 0.1) is 12.1 Å². The minimum absolute atomic E-state index is 0.415. The number of carbonyl (C=O) groups is 2. The topological polar surface area (TPSA) is 53.8 Å². The number of ketones is 2. The maximum Gasteiger partial charge on any atom is 0.237 e. The molecule has 0 unspecified atom stereocenters. The van der Waals surface area contributed by atoms with Crippen molar-refractivity contribution in [1.29, 1.82) is 0 Å². The molecule has 3 aromatic rings. The van der Waals surface area contributed by atoms with Crippen molar-refractivity contribution in [3.8, 4) is 11.3 Å². The fourth-order valence-electron chi connectivity index (χ4n) is 4.59. The average Bonchev–Trinajstić information content (AvgIpc) is 3.09. The molecule has 0 saturated carbocycles. The number of hydrogen-bond donors (Lipinski definition) is 0. The average molecular weight is 388 g/mol. The lowest BCUT2D eigenvalue weighted by Crippen LogP contribution is -2.36. The normalized spacial score (nSPS) is 16.3. The van der Waals surface area contributed by atoms with E-state index in [2.05, 4.69) is 23.9 Å². The maximum atomic E-state index is 13.1. The van der Waals surface area contributed by atoms with Gasteiger partial charge in [0.15, 0.2) is 0 Å². The highest BCUT2D eigenvalue weighted by molar-refractivity contribution is 6.54. The lowest BCUT2D eigenvalue weighted by Gasteiger charge is -2.27. The first kappa shape index (κ1) is 18.3. The molecule has 0 atom stereocenters. The maximum absolute atomic E-state index is 13.1. The summed E-state index contributed by atoms with van der Waals surface area (Å²) in [5.74, 6) is 0.571. The molecule has 1 aliphatic carbocycles. The molecule has 2 aromatic carbocycles. The van der Waals surface area contributed by atoms with Crippen LogP contribution in [0.4, 0.5) is 0 Å². The molecule has 0 N–H and O–H groups in total. The third kappa shape index (κ3) is 2.76. The Morgan fingerprint density at radius 3 is 2.62 bits per heavy atom. The van der Waals surface area contributed by atoms with Gasteiger partial charge in [-0.25, -0.2) is 0 Å². The van der Waals surface area contributed by atoms with Gasteiger partial charge in [-0.15, -0.1) is 0 Å². The zero-order valence-corrected chi connectivity index (χ0v) is 17.0. The number of furan rings is 1. The van der Waals surface area contributed by atoms with Crippen molar-refractivity contribution in [1.82, 2.24) is 9.80 Å². The van der Waals surface area contributed by atoms with Crippen molar-refractivity contribution < 1.29 is 14.0 Å². The van der Waals surface area contributed by atoms with Crippen LogP contribution in [0.25, 0.3) is 22.1 Å². The van der Waals surface area contributed by atoms with E-state index in [1.807, 2.05) is 37.3 Å². The van der Waals surface area contributed by atoms with E-state index in [1.165, 1.54) is 0 Å². The fraction of sp³-hybridized carbons (Fsp3) is 0.333. The van der Waals surface area contributed by atoms with Crippen LogP contribution in [0, 0.1) is 6.92 Å². The van der Waals surface area contributed by atoms with E-state index in [4.69, 9.17) is 4.42 Å². The molecule has 148 valence electrons. The molecule has 5 rings (SSSR count). The molecule has 1 aromatic heterocycles. The molecular formula is C24H24N2O3. The third-order valence-electron chi connectivity index (χ3n) is 6.18. The van der Waals surface area contributed by atoms with Crippen LogP contribution in [0.15, 0.2) is 34.7 Å². The standard InChI is InChI=1S/C24H24N2O3/c1-14-5-4-6-16-15(14)7-8-18-20(16)22(27)23(28)21-17-9-10-26(12-11-25(2)3)13-19(17)29-24(18)21/h4-8H,9-13H2,1-3H3. The van der Waals surface area contributed by atoms with Crippen molar-refractivity contribution in [2.45, 2.75) is 19.9 Å². The summed E-state index contributed by atoms with van der Waals surface area (Å²) in [5.41, 5.74) is 3.74. The highest BCUT2D eigenvalue weighted by atomic mass is 16.3. The Hall–Kier alpha value is -2.76. The Morgan fingerprint density at radius 2 is 1.83 bits per heavy atom. The number of nitrogens with zero attached hydrogens (tertiary/aromatic N) is 2. The predicted octanol–water partition coefficient (Wildman–Crippen LogP) is 3.71. The SMILES string of the molecule is Cc1cccc2c3c(ccc12)-c1oc2c(c1C(=O)C3=O)CCN(CCN(C)C)C2. The van der Waals surface area contributed by atoms with Crippen LogP contribution in [0.5, 0.6) is 0 Å². The molecule has 5 nitrogen and oxygen atoms in total. The van der Waals surface area contributed by atoms with E-state index >= 15 is 0 Å². The minimum atomic E-state index is -0.423. The minimum Gasteiger partial charge on any atom is -0.459 e. The highest BCUT2D eigenvalue weighted by Gasteiger charge is 2.39. The van der Waals surface area contributed by atoms with Gasteiger partial charge in [-0.2, -0.15) is 0 Å². The van der Waals surface area contributed by atoms with Gasteiger partial charge in [-0.05, 0) is 49.8 Å². The number of likely N-dealkylation sites (N-methyl/N-ethyl adjacent to an activating group) is 1. The van der Waals surface area contributed by atoms with E-state index in [0.717, 1.165) is 59.3 Å². The Labute approximate surface area is 169 Å². The summed E-state index contributed by atoms with van der Waals surface area (Å²) in [7, 11) is 4.13. The smallest absolute Gasteiger partial charge is 0.237 e. The summed E-state index contributed by atoms with van der Waals surface area (Å²) in [6, 6.07) is 9.83. The second kappa shape index (κ2) is 6.65. The van der Waals surface area contributed by atoms with Crippen molar-refractivity contribution in [3.05, 3.63) is 58.3 Å². The summed E-state index contributed by atoms with van der Waals surface area (Å²) in [5, 5.41) is 1.83. The number of aryl methyl sites for hydroxylation is 1. The van der Waals surface area contributed by atoms with E-state index in [1.54, 1.807) is 0 Å².